The van der Waals surface area contributed by atoms with Crippen LogP contribution >= 0.6 is 0 Å². The van der Waals surface area contributed by atoms with E-state index in [0.717, 1.165) is 24.5 Å². The third kappa shape index (κ3) is 5.06. The first kappa shape index (κ1) is 18.0. The maximum atomic E-state index is 12.3. The molecule has 1 rings (SSSR count). The van der Waals surface area contributed by atoms with Gasteiger partial charge in [-0.05, 0) is 44.0 Å². The Balaban J connectivity index is 2.77. The summed E-state index contributed by atoms with van der Waals surface area (Å²) in [4.78, 5) is 25.7. The van der Waals surface area contributed by atoms with Gasteiger partial charge in [-0.15, -0.1) is 0 Å². The van der Waals surface area contributed by atoms with E-state index in [0.29, 0.717) is 0 Å². The summed E-state index contributed by atoms with van der Waals surface area (Å²) in [5.74, 6) is -0.370. The van der Waals surface area contributed by atoms with Gasteiger partial charge in [-0.2, -0.15) is 0 Å². The Kier molecular flexibility index (Phi) is 6.89. The van der Waals surface area contributed by atoms with Crippen molar-refractivity contribution in [3.63, 3.8) is 0 Å². The van der Waals surface area contributed by atoms with E-state index in [1.165, 1.54) is 6.92 Å². The Morgan fingerprint density at radius 3 is 2.05 bits per heavy atom. The van der Waals surface area contributed by atoms with Crippen molar-refractivity contribution in [2.24, 2.45) is 5.92 Å². The zero-order valence-corrected chi connectivity index (χ0v) is 14.1. The molecule has 0 unspecified atom stereocenters. The van der Waals surface area contributed by atoms with E-state index < -0.39 is 6.04 Å². The summed E-state index contributed by atoms with van der Waals surface area (Å²) < 4.78 is 0. The Morgan fingerprint density at radius 2 is 1.64 bits per heavy atom. The largest absolute Gasteiger partial charge is 0.372 e. The lowest BCUT2D eigenvalue weighted by Gasteiger charge is -2.22. The fourth-order valence-electron chi connectivity index (χ4n) is 2.32. The summed E-state index contributed by atoms with van der Waals surface area (Å²) in [6.45, 7) is 11.3. The van der Waals surface area contributed by atoms with Crippen molar-refractivity contribution < 1.29 is 9.59 Å². The first-order valence-corrected chi connectivity index (χ1v) is 7.82. The van der Waals surface area contributed by atoms with Crippen molar-refractivity contribution in [3.05, 3.63) is 24.3 Å². The zero-order valence-electron chi connectivity index (χ0n) is 14.1. The van der Waals surface area contributed by atoms with Crippen LogP contribution in [-0.4, -0.2) is 30.9 Å². The van der Waals surface area contributed by atoms with Gasteiger partial charge in [-0.25, -0.2) is 0 Å². The molecule has 0 saturated carbocycles. The highest BCUT2D eigenvalue weighted by Crippen LogP contribution is 2.18. The number of anilines is 2. The van der Waals surface area contributed by atoms with Gasteiger partial charge in [0.15, 0.2) is 0 Å². The number of rotatable bonds is 7. The molecule has 122 valence electrons. The topological polar surface area (TPSA) is 61.4 Å². The second-order valence-electron chi connectivity index (χ2n) is 5.63. The summed E-state index contributed by atoms with van der Waals surface area (Å²) in [6, 6.07) is 7.23. The van der Waals surface area contributed by atoms with Crippen LogP contribution in [0.5, 0.6) is 0 Å². The summed E-state index contributed by atoms with van der Waals surface area (Å²) >= 11 is 0. The SMILES string of the molecule is CCN(CC)c1ccc(NC(=O)[C@H](NC(C)=O)C(C)C)cc1. The Morgan fingerprint density at radius 1 is 1.09 bits per heavy atom. The number of benzene rings is 1. The van der Waals surface area contributed by atoms with Gasteiger partial charge in [-0.3, -0.25) is 9.59 Å². The standard InChI is InChI=1S/C17H27N3O2/c1-6-20(7-2)15-10-8-14(9-11-15)19-17(22)16(12(3)4)18-13(5)21/h8-12,16H,6-7H2,1-5H3,(H,18,21)(H,19,22)/t16-/m1/s1. The lowest BCUT2D eigenvalue weighted by Crippen LogP contribution is -2.46. The minimum Gasteiger partial charge on any atom is -0.372 e. The van der Waals surface area contributed by atoms with Crippen LogP contribution < -0.4 is 15.5 Å². The van der Waals surface area contributed by atoms with Gasteiger partial charge in [-0.1, -0.05) is 13.8 Å². The van der Waals surface area contributed by atoms with Gasteiger partial charge >= 0.3 is 0 Å². The second-order valence-corrected chi connectivity index (χ2v) is 5.63. The van der Waals surface area contributed by atoms with Gasteiger partial charge in [0.25, 0.3) is 0 Å². The molecule has 0 saturated heterocycles. The normalized spacial score (nSPS) is 11.9. The molecule has 0 fully saturated rings. The first-order valence-electron chi connectivity index (χ1n) is 7.82. The van der Waals surface area contributed by atoms with Crippen LogP contribution in [-0.2, 0) is 9.59 Å². The highest BCUT2D eigenvalue weighted by molar-refractivity contribution is 5.97. The highest BCUT2D eigenvalue weighted by Gasteiger charge is 2.22. The number of hydrogen-bond donors (Lipinski definition) is 2. The van der Waals surface area contributed by atoms with E-state index >= 15 is 0 Å². The minimum atomic E-state index is -0.528. The van der Waals surface area contributed by atoms with Crippen LogP contribution in [0.1, 0.15) is 34.6 Å². The predicted octanol–water partition coefficient (Wildman–Crippen LogP) is 2.63. The van der Waals surface area contributed by atoms with Gasteiger partial charge in [0, 0.05) is 31.4 Å². The molecule has 0 radical (unpaired) electrons. The molecule has 0 bridgehead atoms. The molecule has 2 amide bonds. The van der Waals surface area contributed by atoms with Gasteiger partial charge in [0.1, 0.15) is 6.04 Å². The second kappa shape index (κ2) is 8.41. The number of nitrogens with zero attached hydrogens (tertiary/aromatic N) is 1. The molecule has 5 nitrogen and oxygen atoms in total. The van der Waals surface area contributed by atoms with Gasteiger partial charge in [0.05, 0.1) is 0 Å². The molecule has 0 heterocycles. The molecule has 5 heteroatoms. The highest BCUT2D eigenvalue weighted by atomic mass is 16.2. The van der Waals surface area contributed by atoms with E-state index in [1.807, 2.05) is 38.1 Å². The third-order valence-corrected chi connectivity index (χ3v) is 3.57. The molecule has 1 aromatic carbocycles. The minimum absolute atomic E-state index is 0.0267. The average molecular weight is 305 g/mol. The van der Waals surface area contributed by atoms with Crippen LogP contribution in [0.25, 0.3) is 0 Å². The fraction of sp³-hybridized carbons (Fsp3) is 0.529. The quantitative estimate of drug-likeness (QED) is 0.814. The van der Waals surface area contributed by atoms with Gasteiger partial charge < -0.3 is 15.5 Å². The van der Waals surface area contributed by atoms with Crippen molar-refractivity contribution in [3.8, 4) is 0 Å². The van der Waals surface area contributed by atoms with E-state index in [-0.39, 0.29) is 17.7 Å². The van der Waals surface area contributed by atoms with Crippen LogP contribution in [0, 0.1) is 5.92 Å². The Bertz CT molecular complexity index is 493. The lowest BCUT2D eigenvalue weighted by molar-refractivity contribution is -0.126. The molecule has 1 atom stereocenters. The molecular weight excluding hydrogens is 278 g/mol. The fourth-order valence-corrected chi connectivity index (χ4v) is 2.32. The Labute approximate surface area is 133 Å². The summed E-state index contributed by atoms with van der Waals surface area (Å²) in [5, 5.41) is 5.55. The van der Waals surface area contributed by atoms with Crippen LogP contribution in [0.15, 0.2) is 24.3 Å². The van der Waals surface area contributed by atoms with Crippen molar-refractivity contribution in [2.45, 2.75) is 40.7 Å². The van der Waals surface area contributed by atoms with Crippen molar-refractivity contribution >= 4 is 23.2 Å². The molecular formula is C17H27N3O2. The monoisotopic (exact) mass is 305 g/mol. The number of amides is 2. The van der Waals surface area contributed by atoms with Crippen molar-refractivity contribution in [2.75, 3.05) is 23.3 Å². The maximum absolute atomic E-state index is 12.3. The van der Waals surface area contributed by atoms with E-state index in [1.54, 1.807) is 0 Å². The average Bonchev–Trinajstić information content (AvgIpc) is 2.47. The van der Waals surface area contributed by atoms with E-state index in [2.05, 4.69) is 29.4 Å². The molecule has 0 aliphatic carbocycles. The van der Waals surface area contributed by atoms with Gasteiger partial charge in [0.2, 0.25) is 11.8 Å². The van der Waals surface area contributed by atoms with Crippen LogP contribution in [0.2, 0.25) is 0 Å². The van der Waals surface area contributed by atoms with E-state index in [4.69, 9.17) is 0 Å². The molecule has 0 aliphatic heterocycles. The molecule has 0 spiro atoms. The molecule has 2 N–H and O–H groups in total. The number of hydrogen-bond acceptors (Lipinski definition) is 3. The van der Waals surface area contributed by atoms with Crippen LogP contribution in [0.3, 0.4) is 0 Å². The molecule has 1 aromatic rings. The first-order chi connectivity index (χ1) is 10.4. The number of nitrogens with one attached hydrogen (secondary N) is 2. The van der Waals surface area contributed by atoms with E-state index in [9.17, 15) is 9.59 Å². The maximum Gasteiger partial charge on any atom is 0.247 e. The molecule has 0 aromatic heterocycles. The smallest absolute Gasteiger partial charge is 0.247 e. The third-order valence-electron chi connectivity index (χ3n) is 3.57. The number of carbonyl (C=O) groups excluding carboxylic acids is 2. The summed E-state index contributed by atoms with van der Waals surface area (Å²) in [6.07, 6.45) is 0. The summed E-state index contributed by atoms with van der Waals surface area (Å²) in [5.41, 5.74) is 1.86. The van der Waals surface area contributed by atoms with Crippen molar-refractivity contribution in [1.29, 1.82) is 0 Å². The molecule has 0 aliphatic rings. The summed E-state index contributed by atoms with van der Waals surface area (Å²) in [7, 11) is 0. The van der Waals surface area contributed by atoms with Crippen molar-refractivity contribution in [1.82, 2.24) is 5.32 Å². The zero-order chi connectivity index (χ0) is 16.7. The molecule has 22 heavy (non-hydrogen) atoms. The predicted molar refractivity (Wildman–Crippen MR) is 91.1 cm³/mol. The Hall–Kier alpha value is -2.04. The lowest BCUT2D eigenvalue weighted by atomic mass is 10.0. The van der Waals surface area contributed by atoms with Crippen LogP contribution in [0.4, 0.5) is 11.4 Å². The number of carbonyl (C=O) groups is 2.